The maximum absolute atomic E-state index is 12.2. The van der Waals surface area contributed by atoms with E-state index in [1.54, 1.807) is 0 Å². The Labute approximate surface area is 105 Å². The van der Waals surface area contributed by atoms with Gasteiger partial charge in [0.25, 0.3) is 0 Å². The Morgan fingerprint density at radius 3 is 2.41 bits per heavy atom. The Kier molecular flexibility index (Phi) is 5.75. The van der Waals surface area contributed by atoms with Crippen molar-refractivity contribution < 1.29 is 4.79 Å². The molecule has 100 valence electrons. The number of carbonyl (C=O) groups excluding carboxylic acids is 1. The maximum atomic E-state index is 12.2. The van der Waals surface area contributed by atoms with E-state index in [-0.39, 0.29) is 11.6 Å². The molecule has 0 aliphatic heterocycles. The molecule has 2 amide bonds. The van der Waals surface area contributed by atoms with Gasteiger partial charge in [0.15, 0.2) is 0 Å². The molecule has 0 aromatic heterocycles. The van der Waals surface area contributed by atoms with Gasteiger partial charge in [-0.1, -0.05) is 26.7 Å². The van der Waals surface area contributed by atoms with Crippen molar-refractivity contribution >= 4 is 6.03 Å². The summed E-state index contributed by atoms with van der Waals surface area (Å²) in [4.78, 5) is 14.2. The van der Waals surface area contributed by atoms with Crippen molar-refractivity contribution in [2.45, 2.75) is 57.9 Å². The Hall–Kier alpha value is -0.770. The molecule has 4 nitrogen and oxygen atoms in total. The highest BCUT2D eigenvalue weighted by Gasteiger charge is 2.40. The Balaban J connectivity index is 2.71. The zero-order valence-corrected chi connectivity index (χ0v) is 11.3. The van der Waals surface area contributed by atoms with Gasteiger partial charge in [-0.05, 0) is 25.7 Å². The SMILES string of the molecule is CCCNC(=O)N(CCC)C1(CN)CCCC1. The quantitative estimate of drug-likeness (QED) is 0.748. The number of nitrogens with one attached hydrogen (secondary N) is 1. The molecular weight excluding hydrogens is 214 g/mol. The summed E-state index contributed by atoms with van der Waals surface area (Å²) in [7, 11) is 0. The fraction of sp³-hybridized carbons (Fsp3) is 0.923. The fourth-order valence-electron chi connectivity index (χ4n) is 2.72. The van der Waals surface area contributed by atoms with Gasteiger partial charge >= 0.3 is 6.03 Å². The van der Waals surface area contributed by atoms with Crippen LogP contribution in [0.3, 0.4) is 0 Å². The van der Waals surface area contributed by atoms with E-state index in [1.165, 1.54) is 12.8 Å². The highest BCUT2D eigenvalue weighted by molar-refractivity contribution is 5.75. The van der Waals surface area contributed by atoms with Crippen molar-refractivity contribution in [2.24, 2.45) is 5.73 Å². The average Bonchev–Trinajstić information content (AvgIpc) is 2.82. The normalized spacial score (nSPS) is 18.1. The van der Waals surface area contributed by atoms with Crippen LogP contribution in [0.2, 0.25) is 0 Å². The molecule has 1 aliphatic carbocycles. The van der Waals surface area contributed by atoms with Gasteiger partial charge in [-0.25, -0.2) is 4.79 Å². The topological polar surface area (TPSA) is 58.4 Å². The zero-order valence-electron chi connectivity index (χ0n) is 11.3. The second-order valence-electron chi connectivity index (χ2n) is 5.02. The summed E-state index contributed by atoms with van der Waals surface area (Å²) >= 11 is 0. The van der Waals surface area contributed by atoms with Crippen LogP contribution in [-0.4, -0.2) is 36.1 Å². The molecule has 1 rings (SSSR count). The monoisotopic (exact) mass is 241 g/mol. The van der Waals surface area contributed by atoms with Crippen molar-refractivity contribution in [3.8, 4) is 0 Å². The molecule has 0 bridgehead atoms. The van der Waals surface area contributed by atoms with Crippen molar-refractivity contribution in [2.75, 3.05) is 19.6 Å². The molecule has 0 atom stereocenters. The van der Waals surface area contributed by atoms with Gasteiger partial charge in [0.05, 0.1) is 5.54 Å². The Morgan fingerprint density at radius 2 is 1.94 bits per heavy atom. The molecule has 17 heavy (non-hydrogen) atoms. The van der Waals surface area contributed by atoms with Gasteiger partial charge in [-0.2, -0.15) is 0 Å². The summed E-state index contributed by atoms with van der Waals surface area (Å²) in [6.45, 7) is 6.33. The van der Waals surface area contributed by atoms with E-state index in [0.717, 1.165) is 38.8 Å². The Morgan fingerprint density at radius 1 is 1.29 bits per heavy atom. The van der Waals surface area contributed by atoms with Gasteiger partial charge in [0, 0.05) is 19.6 Å². The third-order valence-corrected chi connectivity index (χ3v) is 3.71. The predicted octanol–water partition coefficient (Wildman–Crippen LogP) is 2.09. The minimum Gasteiger partial charge on any atom is -0.338 e. The third-order valence-electron chi connectivity index (χ3n) is 3.71. The van der Waals surface area contributed by atoms with Crippen molar-refractivity contribution in [3.63, 3.8) is 0 Å². The second kappa shape index (κ2) is 6.84. The maximum Gasteiger partial charge on any atom is 0.317 e. The van der Waals surface area contributed by atoms with E-state index in [4.69, 9.17) is 5.73 Å². The van der Waals surface area contributed by atoms with Gasteiger partial charge < -0.3 is 16.0 Å². The van der Waals surface area contributed by atoms with E-state index in [0.29, 0.717) is 6.54 Å². The van der Waals surface area contributed by atoms with E-state index in [2.05, 4.69) is 19.2 Å². The number of amides is 2. The fourth-order valence-corrected chi connectivity index (χ4v) is 2.72. The first kappa shape index (κ1) is 14.3. The van der Waals surface area contributed by atoms with Gasteiger partial charge in [-0.15, -0.1) is 0 Å². The lowest BCUT2D eigenvalue weighted by molar-refractivity contribution is 0.119. The molecule has 0 aromatic rings. The molecule has 4 heteroatoms. The number of hydrogen-bond donors (Lipinski definition) is 2. The summed E-state index contributed by atoms with van der Waals surface area (Å²) in [6.07, 6.45) is 6.46. The number of urea groups is 1. The highest BCUT2D eigenvalue weighted by atomic mass is 16.2. The summed E-state index contributed by atoms with van der Waals surface area (Å²) in [5.74, 6) is 0. The van der Waals surface area contributed by atoms with E-state index >= 15 is 0 Å². The molecule has 1 saturated carbocycles. The summed E-state index contributed by atoms with van der Waals surface area (Å²) in [5.41, 5.74) is 5.87. The number of rotatable bonds is 6. The number of nitrogens with two attached hydrogens (primary N) is 1. The molecule has 0 unspecified atom stereocenters. The van der Waals surface area contributed by atoms with Crippen LogP contribution in [0.5, 0.6) is 0 Å². The largest absolute Gasteiger partial charge is 0.338 e. The van der Waals surface area contributed by atoms with Crippen LogP contribution in [0.15, 0.2) is 0 Å². The Bertz CT molecular complexity index is 237. The third kappa shape index (κ3) is 3.35. The van der Waals surface area contributed by atoms with Crippen LogP contribution in [0, 0.1) is 0 Å². The number of hydrogen-bond acceptors (Lipinski definition) is 2. The van der Waals surface area contributed by atoms with Crippen molar-refractivity contribution in [1.82, 2.24) is 10.2 Å². The second-order valence-corrected chi connectivity index (χ2v) is 5.02. The lowest BCUT2D eigenvalue weighted by atomic mass is 9.95. The molecule has 0 aromatic carbocycles. The number of nitrogens with zero attached hydrogens (tertiary/aromatic N) is 1. The smallest absolute Gasteiger partial charge is 0.317 e. The van der Waals surface area contributed by atoms with Crippen LogP contribution in [0.25, 0.3) is 0 Å². The molecular formula is C13H27N3O. The molecule has 1 fully saturated rings. The van der Waals surface area contributed by atoms with Crippen LogP contribution in [-0.2, 0) is 0 Å². The first-order valence-corrected chi connectivity index (χ1v) is 6.95. The summed E-state index contributed by atoms with van der Waals surface area (Å²) in [6, 6.07) is 0.0704. The highest BCUT2D eigenvalue weighted by Crippen LogP contribution is 2.34. The first-order chi connectivity index (χ1) is 8.20. The lowest BCUT2D eigenvalue weighted by Gasteiger charge is -2.40. The number of carbonyl (C=O) groups is 1. The summed E-state index contributed by atoms with van der Waals surface area (Å²) in [5, 5.41) is 2.98. The molecule has 0 spiro atoms. The molecule has 0 saturated heterocycles. The molecule has 1 aliphatic rings. The average molecular weight is 241 g/mol. The van der Waals surface area contributed by atoms with Crippen molar-refractivity contribution in [1.29, 1.82) is 0 Å². The first-order valence-electron chi connectivity index (χ1n) is 6.95. The van der Waals surface area contributed by atoms with Crippen molar-refractivity contribution in [3.05, 3.63) is 0 Å². The van der Waals surface area contributed by atoms with Crippen LogP contribution >= 0.6 is 0 Å². The minimum absolute atomic E-state index is 0.0704. The van der Waals surface area contributed by atoms with E-state index in [1.807, 2.05) is 4.90 Å². The molecule has 3 N–H and O–H groups in total. The summed E-state index contributed by atoms with van der Waals surface area (Å²) < 4.78 is 0. The van der Waals surface area contributed by atoms with Crippen LogP contribution < -0.4 is 11.1 Å². The van der Waals surface area contributed by atoms with E-state index in [9.17, 15) is 4.79 Å². The van der Waals surface area contributed by atoms with Gasteiger partial charge in [0.2, 0.25) is 0 Å². The van der Waals surface area contributed by atoms with Gasteiger partial charge in [-0.3, -0.25) is 0 Å². The molecule has 0 radical (unpaired) electrons. The lowest BCUT2D eigenvalue weighted by Crippen LogP contribution is -2.57. The van der Waals surface area contributed by atoms with Crippen LogP contribution in [0.1, 0.15) is 52.4 Å². The zero-order chi connectivity index (χ0) is 12.7. The minimum atomic E-state index is -0.0756. The predicted molar refractivity (Wildman–Crippen MR) is 70.9 cm³/mol. The van der Waals surface area contributed by atoms with Gasteiger partial charge in [0.1, 0.15) is 0 Å². The van der Waals surface area contributed by atoms with E-state index < -0.39 is 0 Å². The molecule has 0 heterocycles. The standard InChI is InChI=1S/C13H27N3O/c1-3-9-15-12(17)16(10-4-2)13(11-14)7-5-6-8-13/h3-11,14H2,1-2H3,(H,15,17). The van der Waals surface area contributed by atoms with Crippen LogP contribution in [0.4, 0.5) is 4.79 Å².